The molecule has 0 bridgehead atoms. The van der Waals surface area contributed by atoms with Gasteiger partial charge in [-0.05, 0) is 25.1 Å². The Bertz CT molecular complexity index is 558. The third kappa shape index (κ3) is 2.91. The molecule has 1 aromatic heterocycles. The van der Waals surface area contributed by atoms with Gasteiger partial charge in [0.05, 0.1) is 5.69 Å². The third-order valence-corrected chi connectivity index (χ3v) is 3.51. The molecule has 2 rings (SSSR count). The number of aromatic nitrogens is 2. The maximum Gasteiger partial charge on any atom is 0.131 e. The van der Waals surface area contributed by atoms with Gasteiger partial charge in [-0.25, -0.2) is 0 Å². The highest BCUT2D eigenvalue weighted by Crippen LogP contribution is 2.24. The molecule has 1 aromatic carbocycles. The van der Waals surface area contributed by atoms with E-state index in [1.54, 1.807) is 10.7 Å². The van der Waals surface area contributed by atoms with Crippen molar-refractivity contribution in [1.82, 2.24) is 9.78 Å². The first-order valence-corrected chi connectivity index (χ1v) is 6.48. The number of benzene rings is 1. The Morgan fingerprint density at radius 1 is 1.17 bits per heavy atom. The lowest BCUT2D eigenvalue weighted by Crippen LogP contribution is -2.00. The highest BCUT2D eigenvalue weighted by Gasteiger charge is 2.10. The van der Waals surface area contributed by atoms with Crippen LogP contribution in [0.15, 0.2) is 18.2 Å². The van der Waals surface area contributed by atoms with Crippen molar-refractivity contribution in [2.24, 2.45) is 7.05 Å². The van der Waals surface area contributed by atoms with Gasteiger partial charge in [-0.1, -0.05) is 34.8 Å². The second-order valence-corrected chi connectivity index (χ2v) is 5.22. The highest BCUT2D eigenvalue weighted by molar-refractivity contribution is 6.35. The van der Waals surface area contributed by atoms with Crippen molar-refractivity contribution in [2.45, 2.75) is 13.5 Å². The molecule has 2 aromatic rings. The molecule has 1 N–H and O–H groups in total. The zero-order valence-electron chi connectivity index (χ0n) is 9.97. The average Bonchev–Trinajstić information content (AvgIpc) is 2.50. The number of aryl methyl sites for hydroxylation is 2. The van der Waals surface area contributed by atoms with Crippen LogP contribution in [-0.2, 0) is 13.6 Å². The number of hydrogen-bond donors (Lipinski definition) is 1. The summed E-state index contributed by atoms with van der Waals surface area (Å²) in [6.45, 7) is 2.50. The molecule has 1 heterocycles. The minimum Gasteiger partial charge on any atom is -0.381 e. The van der Waals surface area contributed by atoms with Gasteiger partial charge in [0, 0.05) is 34.9 Å². The molecule has 0 saturated carbocycles. The second kappa shape index (κ2) is 5.39. The molecule has 0 unspecified atom stereocenters. The van der Waals surface area contributed by atoms with E-state index >= 15 is 0 Å². The first-order chi connectivity index (χ1) is 8.47. The first-order valence-electron chi connectivity index (χ1n) is 5.35. The third-order valence-electron chi connectivity index (χ3n) is 2.60. The van der Waals surface area contributed by atoms with Gasteiger partial charge in [-0.15, -0.1) is 0 Å². The summed E-state index contributed by atoms with van der Waals surface area (Å²) >= 11 is 18.0. The van der Waals surface area contributed by atoms with Crippen LogP contribution in [0.1, 0.15) is 11.3 Å². The van der Waals surface area contributed by atoms with E-state index in [0.717, 1.165) is 16.9 Å². The SMILES string of the molecule is Cc1nn(C)c(Cl)c1CNc1cc(Cl)cc(Cl)c1. The molecule has 0 aliphatic rings. The van der Waals surface area contributed by atoms with Crippen LogP contribution in [0.2, 0.25) is 15.2 Å². The van der Waals surface area contributed by atoms with Gasteiger partial charge in [-0.3, -0.25) is 4.68 Å². The van der Waals surface area contributed by atoms with Gasteiger partial charge >= 0.3 is 0 Å². The number of hydrogen-bond acceptors (Lipinski definition) is 2. The molecule has 18 heavy (non-hydrogen) atoms. The van der Waals surface area contributed by atoms with Gasteiger partial charge in [-0.2, -0.15) is 5.10 Å². The van der Waals surface area contributed by atoms with Crippen molar-refractivity contribution in [1.29, 1.82) is 0 Å². The van der Waals surface area contributed by atoms with Crippen molar-refractivity contribution >= 4 is 40.5 Å². The minimum absolute atomic E-state index is 0.579. The number of nitrogens with zero attached hydrogens (tertiary/aromatic N) is 2. The van der Waals surface area contributed by atoms with E-state index in [1.165, 1.54) is 0 Å². The standard InChI is InChI=1S/C12H12Cl3N3/c1-7-11(12(15)18(2)17-7)6-16-10-4-8(13)3-9(14)5-10/h3-5,16H,6H2,1-2H3. The summed E-state index contributed by atoms with van der Waals surface area (Å²) in [6.07, 6.45) is 0. The molecule has 0 amide bonds. The van der Waals surface area contributed by atoms with Crippen molar-refractivity contribution in [3.8, 4) is 0 Å². The molecule has 0 spiro atoms. The van der Waals surface area contributed by atoms with Crippen molar-refractivity contribution in [3.63, 3.8) is 0 Å². The topological polar surface area (TPSA) is 29.9 Å². The Labute approximate surface area is 121 Å². The Morgan fingerprint density at radius 2 is 1.78 bits per heavy atom. The number of anilines is 1. The van der Waals surface area contributed by atoms with E-state index in [0.29, 0.717) is 21.7 Å². The average molecular weight is 305 g/mol. The molecule has 6 heteroatoms. The fourth-order valence-electron chi connectivity index (χ4n) is 1.72. The smallest absolute Gasteiger partial charge is 0.131 e. The largest absolute Gasteiger partial charge is 0.381 e. The van der Waals surface area contributed by atoms with Gasteiger partial charge in [0.1, 0.15) is 5.15 Å². The lowest BCUT2D eigenvalue weighted by molar-refractivity contribution is 0.757. The fraction of sp³-hybridized carbons (Fsp3) is 0.250. The van der Waals surface area contributed by atoms with Crippen LogP contribution in [-0.4, -0.2) is 9.78 Å². The molecule has 0 saturated heterocycles. The molecule has 0 aliphatic heterocycles. The Balaban J connectivity index is 2.16. The van der Waals surface area contributed by atoms with Crippen LogP contribution in [0.3, 0.4) is 0 Å². The van der Waals surface area contributed by atoms with E-state index in [2.05, 4.69) is 10.4 Å². The van der Waals surface area contributed by atoms with Gasteiger partial charge in [0.25, 0.3) is 0 Å². The predicted octanol–water partition coefficient (Wildman–Crippen LogP) is 4.30. The van der Waals surface area contributed by atoms with Crippen molar-refractivity contribution in [2.75, 3.05) is 5.32 Å². The number of halogens is 3. The summed E-state index contributed by atoms with van der Waals surface area (Å²) in [5, 5.41) is 9.31. The van der Waals surface area contributed by atoms with Crippen molar-refractivity contribution in [3.05, 3.63) is 44.7 Å². The van der Waals surface area contributed by atoms with Crippen LogP contribution in [0.25, 0.3) is 0 Å². The zero-order chi connectivity index (χ0) is 13.3. The van der Waals surface area contributed by atoms with Crippen LogP contribution in [0.5, 0.6) is 0 Å². The maximum atomic E-state index is 6.15. The van der Waals surface area contributed by atoms with Crippen LogP contribution in [0.4, 0.5) is 5.69 Å². The lowest BCUT2D eigenvalue weighted by atomic mass is 10.2. The molecule has 0 fully saturated rings. The summed E-state index contributed by atoms with van der Waals surface area (Å²) < 4.78 is 1.65. The van der Waals surface area contributed by atoms with E-state index < -0.39 is 0 Å². The summed E-state index contributed by atoms with van der Waals surface area (Å²) in [4.78, 5) is 0. The summed E-state index contributed by atoms with van der Waals surface area (Å²) in [5.41, 5.74) is 2.73. The van der Waals surface area contributed by atoms with E-state index in [9.17, 15) is 0 Å². The van der Waals surface area contributed by atoms with Crippen LogP contribution in [0, 0.1) is 6.92 Å². The second-order valence-electron chi connectivity index (χ2n) is 3.99. The van der Waals surface area contributed by atoms with Gasteiger partial charge in [0.15, 0.2) is 0 Å². The predicted molar refractivity (Wildman–Crippen MR) is 76.7 cm³/mol. The van der Waals surface area contributed by atoms with Crippen molar-refractivity contribution < 1.29 is 0 Å². The minimum atomic E-state index is 0.579. The molecule has 0 atom stereocenters. The Kier molecular flexibility index (Phi) is 4.05. The van der Waals surface area contributed by atoms with Crippen LogP contribution >= 0.6 is 34.8 Å². The molecule has 0 radical (unpaired) electrons. The van der Waals surface area contributed by atoms with E-state index in [4.69, 9.17) is 34.8 Å². The molecular formula is C12H12Cl3N3. The maximum absolute atomic E-state index is 6.15. The van der Waals surface area contributed by atoms with Gasteiger partial charge in [0.2, 0.25) is 0 Å². The highest BCUT2D eigenvalue weighted by atomic mass is 35.5. The van der Waals surface area contributed by atoms with E-state index in [1.807, 2.05) is 26.1 Å². The Hall–Kier alpha value is -0.900. The van der Waals surface area contributed by atoms with Gasteiger partial charge < -0.3 is 5.32 Å². The summed E-state index contributed by atoms with van der Waals surface area (Å²) in [5.74, 6) is 0. The van der Waals surface area contributed by atoms with E-state index in [-0.39, 0.29) is 0 Å². The quantitative estimate of drug-likeness (QED) is 0.916. The molecule has 0 aliphatic carbocycles. The molecule has 96 valence electrons. The summed E-state index contributed by atoms with van der Waals surface area (Å²) in [7, 11) is 1.81. The lowest BCUT2D eigenvalue weighted by Gasteiger charge is -2.07. The fourth-order valence-corrected chi connectivity index (χ4v) is 2.49. The molecule has 3 nitrogen and oxygen atoms in total. The monoisotopic (exact) mass is 303 g/mol. The normalized spacial score (nSPS) is 10.7. The Morgan fingerprint density at radius 3 is 2.28 bits per heavy atom. The molecular weight excluding hydrogens is 293 g/mol. The van der Waals surface area contributed by atoms with Crippen LogP contribution < -0.4 is 5.32 Å². The zero-order valence-corrected chi connectivity index (χ0v) is 12.2. The summed E-state index contributed by atoms with van der Waals surface area (Å²) in [6, 6.07) is 5.32. The first kappa shape index (κ1) is 13.5. The number of rotatable bonds is 3. The number of nitrogens with one attached hydrogen (secondary N) is 1.